The predicted octanol–water partition coefficient (Wildman–Crippen LogP) is 3.13. The number of carbonyl (C=O) groups is 1. The highest BCUT2D eigenvalue weighted by atomic mass is 32.2. The van der Waals surface area contributed by atoms with E-state index in [-0.39, 0.29) is 0 Å². The van der Waals surface area contributed by atoms with E-state index < -0.39 is 0 Å². The summed E-state index contributed by atoms with van der Waals surface area (Å²) in [5, 5.41) is 2.61. The summed E-state index contributed by atoms with van der Waals surface area (Å²) in [5.41, 5.74) is 0.575. The fraction of sp³-hybridized carbons (Fsp3) is 0.143. The minimum atomic E-state index is 0.556. The van der Waals surface area contributed by atoms with Gasteiger partial charge < -0.3 is 9.47 Å². The lowest BCUT2D eigenvalue weighted by atomic mass is 10.3. The number of carbonyl (C=O) groups excluding carboxylic acids is 1. The molecule has 2 aromatic heterocycles. The molecule has 3 aromatic rings. The molecule has 1 aromatic carbocycles. The number of aldehydes is 1. The van der Waals surface area contributed by atoms with Crippen molar-refractivity contribution >= 4 is 34.3 Å². The number of hydrogen-bond donors (Lipinski definition) is 0. The van der Waals surface area contributed by atoms with Crippen molar-refractivity contribution in [1.82, 2.24) is 9.38 Å². The maximum absolute atomic E-state index is 11.3. The van der Waals surface area contributed by atoms with Gasteiger partial charge in [0.15, 0.2) is 22.7 Å². The first-order valence-electron chi connectivity index (χ1n) is 6.33. The highest BCUT2D eigenvalue weighted by Crippen LogP contribution is 2.37. The lowest BCUT2D eigenvalue weighted by Gasteiger charge is -2.18. The molecule has 0 unspecified atom stereocenters. The first-order chi connectivity index (χ1) is 10.3. The first-order valence-corrected chi connectivity index (χ1v) is 8.03. The van der Waals surface area contributed by atoms with E-state index >= 15 is 0 Å². The van der Waals surface area contributed by atoms with Gasteiger partial charge >= 0.3 is 0 Å². The SMILES string of the molecule is O=Cc1c(Sc2ccc3c(c2)OCCO3)nc2sccn12. The molecule has 0 saturated heterocycles. The van der Waals surface area contributed by atoms with Crippen LogP contribution in [0.4, 0.5) is 0 Å². The summed E-state index contributed by atoms with van der Waals surface area (Å²) >= 11 is 2.96. The molecule has 0 bridgehead atoms. The molecule has 7 heteroatoms. The molecular weight excluding hydrogens is 308 g/mol. The maximum Gasteiger partial charge on any atom is 0.195 e. The van der Waals surface area contributed by atoms with Crippen LogP contribution in [-0.2, 0) is 0 Å². The second kappa shape index (κ2) is 5.09. The minimum absolute atomic E-state index is 0.556. The molecule has 0 saturated carbocycles. The van der Waals surface area contributed by atoms with E-state index in [4.69, 9.17) is 9.47 Å². The smallest absolute Gasteiger partial charge is 0.195 e. The molecule has 4 rings (SSSR count). The molecule has 0 amide bonds. The number of rotatable bonds is 3. The van der Waals surface area contributed by atoms with Crippen molar-refractivity contribution in [3.8, 4) is 11.5 Å². The molecule has 5 nitrogen and oxygen atoms in total. The van der Waals surface area contributed by atoms with Crippen molar-refractivity contribution in [2.24, 2.45) is 0 Å². The van der Waals surface area contributed by atoms with E-state index in [1.165, 1.54) is 23.1 Å². The van der Waals surface area contributed by atoms with E-state index in [2.05, 4.69) is 4.98 Å². The summed E-state index contributed by atoms with van der Waals surface area (Å²) in [4.78, 5) is 17.6. The van der Waals surface area contributed by atoms with Crippen LogP contribution in [0.3, 0.4) is 0 Å². The number of hydrogen-bond acceptors (Lipinski definition) is 6. The van der Waals surface area contributed by atoms with Crippen LogP contribution in [0.5, 0.6) is 11.5 Å². The topological polar surface area (TPSA) is 52.8 Å². The second-order valence-electron chi connectivity index (χ2n) is 4.38. The number of fused-ring (bicyclic) bond motifs is 2. The first kappa shape index (κ1) is 12.7. The molecule has 1 aliphatic rings. The number of thiazole rings is 1. The number of benzene rings is 1. The van der Waals surface area contributed by atoms with E-state index in [9.17, 15) is 4.79 Å². The Balaban J connectivity index is 1.71. The maximum atomic E-state index is 11.3. The Morgan fingerprint density at radius 1 is 1.29 bits per heavy atom. The third-order valence-corrected chi connectivity index (χ3v) is 4.85. The van der Waals surface area contributed by atoms with Crippen molar-refractivity contribution in [2.45, 2.75) is 9.92 Å². The zero-order valence-corrected chi connectivity index (χ0v) is 12.4. The van der Waals surface area contributed by atoms with Gasteiger partial charge in [-0.3, -0.25) is 9.20 Å². The zero-order valence-electron chi connectivity index (χ0n) is 10.8. The summed E-state index contributed by atoms with van der Waals surface area (Å²) < 4.78 is 12.9. The number of nitrogens with zero attached hydrogens (tertiary/aromatic N) is 2. The van der Waals surface area contributed by atoms with Gasteiger partial charge in [-0.25, -0.2) is 4.98 Å². The molecule has 0 N–H and O–H groups in total. The summed E-state index contributed by atoms with van der Waals surface area (Å²) in [5.74, 6) is 1.49. The Kier molecular flexibility index (Phi) is 3.08. The van der Waals surface area contributed by atoms with Crippen molar-refractivity contribution in [3.05, 3.63) is 35.5 Å². The molecule has 21 heavy (non-hydrogen) atoms. The Morgan fingerprint density at radius 2 is 2.14 bits per heavy atom. The third kappa shape index (κ3) is 2.18. The molecular formula is C14H10N2O3S2. The van der Waals surface area contributed by atoms with Crippen LogP contribution >= 0.6 is 23.1 Å². The molecule has 1 aliphatic heterocycles. The average Bonchev–Trinajstić information content (AvgIpc) is 3.07. The number of ether oxygens (including phenoxy) is 2. The van der Waals surface area contributed by atoms with Crippen LogP contribution in [0.1, 0.15) is 10.5 Å². The summed E-state index contributed by atoms with van der Waals surface area (Å²) in [6, 6.07) is 5.75. The lowest BCUT2D eigenvalue weighted by Crippen LogP contribution is -2.15. The second-order valence-corrected chi connectivity index (χ2v) is 6.32. The van der Waals surface area contributed by atoms with Gasteiger partial charge in [0.05, 0.1) is 0 Å². The normalized spacial score (nSPS) is 13.5. The lowest BCUT2D eigenvalue weighted by molar-refractivity contribution is 0.111. The Labute approximate surface area is 128 Å². The standard InChI is InChI=1S/C14H10N2O3S2/c17-8-10-13(15-14-16(10)3-6-20-14)21-9-1-2-11-12(7-9)19-5-4-18-11/h1-3,6-8H,4-5H2. The van der Waals surface area contributed by atoms with Gasteiger partial charge in [0.1, 0.15) is 23.9 Å². The van der Waals surface area contributed by atoms with Gasteiger partial charge in [-0.15, -0.1) is 11.3 Å². The molecule has 106 valence electrons. The predicted molar refractivity (Wildman–Crippen MR) is 80.0 cm³/mol. The van der Waals surface area contributed by atoms with Crippen molar-refractivity contribution in [3.63, 3.8) is 0 Å². The Hall–Kier alpha value is -1.99. The van der Waals surface area contributed by atoms with Gasteiger partial charge in [-0.05, 0) is 18.2 Å². The molecule has 0 atom stereocenters. The van der Waals surface area contributed by atoms with E-state index in [1.54, 1.807) is 4.40 Å². The summed E-state index contributed by atoms with van der Waals surface area (Å²) in [6.45, 7) is 1.13. The third-order valence-electron chi connectivity index (χ3n) is 3.11. The largest absolute Gasteiger partial charge is 0.486 e. The molecule has 3 heterocycles. The summed E-state index contributed by atoms with van der Waals surface area (Å²) in [7, 11) is 0. The Bertz CT molecular complexity index is 825. The van der Waals surface area contributed by atoms with Gasteiger partial charge in [0, 0.05) is 16.5 Å². The van der Waals surface area contributed by atoms with Gasteiger partial charge in [0.2, 0.25) is 0 Å². The fourth-order valence-electron chi connectivity index (χ4n) is 2.16. The van der Waals surface area contributed by atoms with Crippen molar-refractivity contribution in [1.29, 1.82) is 0 Å². The van der Waals surface area contributed by atoms with Crippen LogP contribution < -0.4 is 9.47 Å². The van der Waals surface area contributed by atoms with Crippen LogP contribution in [0.2, 0.25) is 0 Å². The monoisotopic (exact) mass is 318 g/mol. The van der Waals surface area contributed by atoms with E-state index in [0.717, 1.165) is 27.6 Å². The van der Waals surface area contributed by atoms with Crippen LogP contribution in [0, 0.1) is 0 Å². The zero-order chi connectivity index (χ0) is 14.2. The van der Waals surface area contributed by atoms with Crippen LogP contribution in [-0.4, -0.2) is 28.9 Å². The Morgan fingerprint density at radius 3 is 3.00 bits per heavy atom. The number of imidazole rings is 1. The van der Waals surface area contributed by atoms with Gasteiger partial charge in [-0.1, -0.05) is 11.8 Å². The molecule has 0 spiro atoms. The fourth-order valence-corrected chi connectivity index (χ4v) is 3.85. The van der Waals surface area contributed by atoms with Gasteiger partial charge in [-0.2, -0.15) is 0 Å². The average molecular weight is 318 g/mol. The van der Waals surface area contributed by atoms with Crippen LogP contribution in [0.25, 0.3) is 4.96 Å². The quantitative estimate of drug-likeness (QED) is 0.695. The highest BCUT2D eigenvalue weighted by Gasteiger charge is 2.16. The molecule has 0 radical (unpaired) electrons. The highest BCUT2D eigenvalue weighted by molar-refractivity contribution is 7.99. The van der Waals surface area contributed by atoms with Crippen LogP contribution in [0.15, 0.2) is 39.7 Å². The van der Waals surface area contributed by atoms with E-state index in [0.29, 0.717) is 23.9 Å². The minimum Gasteiger partial charge on any atom is -0.486 e. The van der Waals surface area contributed by atoms with Crippen molar-refractivity contribution < 1.29 is 14.3 Å². The summed E-state index contributed by atoms with van der Waals surface area (Å²) in [6.07, 6.45) is 2.69. The van der Waals surface area contributed by atoms with Gasteiger partial charge in [0.25, 0.3) is 0 Å². The molecule has 0 aliphatic carbocycles. The molecule has 0 fully saturated rings. The van der Waals surface area contributed by atoms with Crippen molar-refractivity contribution in [2.75, 3.05) is 13.2 Å². The van der Waals surface area contributed by atoms with E-state index in [1.807, 2.05) is 29.8 Å². The number of aromatic nitrogens is 2.